The van der Waals surface area contributed by atoms with Gasteiger partial charge < -0.3 is 14.6 Å². The number of aliphatic hydroxyl groups excluding tert-OH is 1. The van der Waals surface area contributed by atoms with E-state index in [1.165, 1.54) is 315 Å². The molecule has 0 bridgehead atoms. The molecule has 0 aromatic rings. The first-order chi connectivity index (χ1) is 36.1. The van der Waals surface area contributed by atoms with Crippen molar-refractivity contribution in [1.82, 2.24) is 0 Å². The highest BCUT2D eigenvalue weighted by molar-refractivity contribution is 5.70. The van der Waals surface area contributed by atoms with Gasteiger partial charge in [0.2, 0.25) is 0 Å². The predicted molar refractivity (Wildman–Crippen MR) is 321 cm³/mol. The Kier molecular flexibility index (Phi) is 63.2. The zero-order valence-electron chi connectivity index (χ0n) is 49.7. The van der Waals surface area contributed by atoms with Crippen LogP contribution in [0.5, 0.6) is 0 Å². The van der Waals surface area contributed by atoms with E-state index in [1.54, 1.807) is 0 Å². The van der Waals surface area contributed by atoms with Gasteiger partial charge >= 0.3 is 11.9 Å². The molecule has 0 aliphatic rings. The van der Waals surface area contributed by atoms with Gasteiger partial charge in [0.25, 0.3) is 0 Å². The Morgan fingerprint density at radius 1 is 0.315 bits per heavy atom. The number of hydrogen-bond acceptors (Lipinski definition) is 5. The largest absolute Gasteiger partial charge is 0.462 e. The molecule has 0 amide bonds. The topological polar surface area (TPSA) is 72.8 Å². The van der Waals surface area contributed by atoms with E-state index in [2.05, 4.69) is 38.2 Å². The van der Waals surface area contributed by atoms with E-state index in [0.717, 1.165) is 38.5 Å². The first kappa shape index (κ1) is 71.4. The van der Waals surface area contributed by atoms with Crippen molar-refractivity contribution in [2.45, 2.75) is 386 Å². The summed E-state index contributed by atoms with van der Waals surface area (Å²) in [5, 5.41) is 9.69. The molecule has 0 saturated heterocycles. The van der Waals surface area contributed by atoms with Gasteiger partial charge in [-0.3, -0.25) is 9.59 Å². The zero-order valence-corrected chi connectivity index (χ0v) is 49.7. The lowest BCUT2D eigenvalue weighted by Crippen LogP contribution is -2.28. The van der Waals surface area contributed by atoms with Crippen LogP contribution in [0.25, 0.3) is 0 Å². The fraction of sp³-hybridized carbons (Fsp3) is 0.912. The van der Waals surface area contributed by atoms with Crippen molar-refractivity contribution in [2.75, 3.05) is 13.2 Å². The van der Waals surface area contributed by atoms with Crippen LogP contribution in [-0.2, 0) is 19.1 Å². The molecule has 0 aliphatic carbocycles. The quantitative estimate of drug-likeness (QED) is 0.0373. The molecule has 432 valence electrons. The first-order valence-electron chi connectivity index (χ1n) is 33.4. The summed E-state index contributed by atoms with van der Waals surface area (Å²) in [6, 6.07) is 0. The molecule has 1 atom stereocenters. The number of carbonyl (C=O) groups is 2. The van der Waals surface area contributed by atoms with Crippen molar-refractivity contribution >= 4 is 11.9 Å². The molecule has 0 saturated carbocycles. The first-order valence-corrected chi connectivity index (χ1v) is 33.4. The molecule has 5 heteroatoms. The highest BCUT2D eigenvalue weighted by Gasteiger charge is 2.16. The van der Waals surface area contributed by atoms with Gasteiger partial charge in [-0.25, -0.2) is 0 Å². The molecule has 0 rings (SSSR count). The number of rotatable bonds is 63. The Balaban J connectivity index is 3.38. The third-order valence-electron chi connectivity index (χ3n) is 15.5. The standard InChI is InChI=1S/C68H130O5/c1-3-5-7-9-11-13-15-17-19-21-23-25-27-29-31-33-35-36-38-40-42-44-46-48-50-52-54-56-58-60-62-67(70)72-65-66(64-69)73-68(71)63-61-59-57-55-53-51-49-47-45-43-41-39-37-34-32-30-28-26-24-22-20-18-16-14-12-10-8-6-4-2/h16,18,22,24,66,69H,3-15,17,19-21,23,25-65H2,1-2H3/b18-16-,24-22-. The maximum absolute atomic E-state index is 12.3. The van der Waals surface area contributed by atoms with Crippen molar-refractivity contribution in [3.8, 4) is 0 Å². The second-order valence-electron chi connectivity index (χ2n) is 22.9. The third-order valence-corrected chi connectivity index (χ3v) is 15.5. The average molecular weight is 1030 g/mol. The molecule has 0 radical (unpaired) electrons. The van der Waals surface area contributed by atoms with Gasteiger partial charge in [0.05, 0.1) is 6.61 Å². The lowest BCUT2D eigenvalue weighted by Gasteiger charge is -2.15. The summed E-state index contributed by atoms with van der Waals surface area (Å²) in [5.41, 5.74) is 0. The molecule has 0 aliphatic heterocycles. The molecule has 73 heavy (non-hydrogen) atoms. The van der Waals surface area contributed by atoms with Gasteiger partial charge in [0.15, 0.2) is 6.10 Å². The van der Waals surface area contributed by atoms with E-state index < -0.39 is 6.10 Å². The SMILES string of the molecule is CCCCCCC/C=C\C/C=C\CCCCCCCCCCCCCCCCCCCC(=O)OC(CO)COC(=O)CCCCCCCCCCCCCCCCCCCCCCCCCCCCCCCC. The van der Waals surface area contributed by atoms with E-state index >= 15 is 0 Å². The van der Waals surface area contributed by atoms with Crippen molar-refractivity contribution < 1.29 is 24.2 Å². The Labute approximate surface area is 457 Å². The minimum atomic E-state index is -0.768. The molecule has 5 nitrogen and oxygen atoms in total. The Hall–Kier alpha value is -1.62. The normalized spacial score (nSPS) is 12.2. The number of ether oxygens (including phenoxy) is 2. The zero-order chi connectivity index (χ0) is 52.7. The van der Waals surface area contributed by atoms with Gasteiger partial charge in [0.1, 0.15) is 6.61 Å². The molecule has 0 aromatic heterocycles. The lowest BCUT2D eigenvalue weighted by molar-refractivity contribution is -0.161. The van der Waals surface area contributed by atoms with E-state index in [9.17, 15) is 14.7 Å². The summed E-state index contributed by atoms with van der Waals surface area (Å²) in [6.07, 6.45) is 83.5. The molecule has 0 heterocycles. The van der Waals surface area contributed by atoms with Crippen LogP contribution < -0.4 is 0 Å². The predicted octanol–water partition coefficient (Wildman–Crippen LogP) is 22.8. The summed E-state index contributed by atoms with van der Waals surface area (Å²) in [4.78, 5) is 24.6. The van der Waals surface area contributed by atoms with Crippen molar-refractivity contribution in [3.63, 3.8) is 0 Å². The second-order valence-corrected chi connectivity index (χ2v) is 22.9. The summed E-state index contributed by atoms with van der Waals surface area (Å²) in [7, 11) is 0. The van der Waals surface area contributed by atoms with Gasteiger partial charge in [-0.05, 0) is 44.9 Å². The van der Waals surface area contributed by atoms with E-state index in [-0.39, 0.29) is 25.2 Å². The van der Waals surface area contributed by atoms with Crippen LogP contribution in [-0.4, -0.2) is 36.4 Å². The van der Waals surface area contributed by atoms with Crippen molar-refractivity contribution in [2.24, 2.45) is 0 Å². The van der Waals surface area contributed by atoms with Gasteiger partial charge in [-0.15, -0.1) is 0 Å². The number of esters is 2. The van der Waals surface area contributed by atoms with E-state index in [1.807, 2.05) is 0 Å². The number of hydrogen-bond donors (Lipinski definition) is 1. The van der Waals surface area contributed by atoms with Crippen LogP contribution in [0.15, 0.2) is 24.3 Å². The van der Waals surface area contributed by atoms with Crippen LogP contribution in [0.4, 0.5) is 0 Å². The molecular weight excluding hydrogens is 897 g/mol. The minimum Gasteiger partial charge on any atom is -0.462 e. The van der Waals surface area contributed by atoms with Gasteiger partial charge in [-0.1, -0.05) is 346 Å². The van der Waals surface area contributed by atoms with Crippen LogP contribution in [0, 0.1) is 0 Å². The highest BCUT2D eigenvalue weighted by Crippen LogP contribution is 2.19. The molecule has 1 N–H and O–H groups in total. The fourth-order valence-electron chi connectivity index (χ4n) is 10.5. The van der Waals surface area contributed by atoms with Gasteiger partial charge in [0, 0.05) is 12.8 Å². The lowest BCUT2D eigenvalue weighted by atomic mass is 10.0. The molecule has 0 fully saturated rings. The van der Waals surface area contributed by atoms with Crippen molar-refractivity contribution in [3.05, 3.63) is 24.3 Å². The minimum absolute atomic E-state index is 0.0583. The van der Waals surface area contributed by atoms with E-state index in [4.69, 9.17) is 9.47 Å². The molecular formula is C68H130O5. The Morgan fingerprint density at radius 2 is 0.548 bits per heavy atom. The average Bonchev–Trinajstić information content (AvgIpc) is 3.39. The maximum Gasteiger partial charge on any atom is 0.306 e. The Bertz CT molecular complexity index is 1120. The van der Waals surface area contributed by atoms with Crippen LogP contribution in [0.1, 0.15) is 380 Å². The third kappa shape index (κ3) is 62.8. The van der Waals surface area contributed by atoms with Crippen molar-refractivity contribution in [1.29, 1.82) is 0 Å². The van der Waals surface area contributed by atoms with Gasteiger partial charge in [-0.2, -0.15) is 0 Å². The Morgan fingerprint density at radius 3 is 0.808 bits per heavy atom. The summed E-state index contributed by atoms with van der Waals surface area (Å²) < 4.78 is 10.8. The maximum atomic E-state index is 12.3. The van der Waals surface area contributed by atoms with Crippen LogP contribution >= 0.6 is 0 Å². The summed E-state index contributed by atoms with van der Waals surface area (Å²) in [5.74, 6) is -0.565. The number of carbonyl (C=O) groups excluding carboxylic acids is 2. The monoisotopic (exact) mass is 1030 g/mol. The second kappa shape index (κ2) is 64.7. The number of aliphatic hydroxyl groups is 1. The smallest absolute Gasteiger partial charge is 0.306 e. The molecule has 0 aromatic carbocycles. The van der Waals surface area contributed by atoms with Crippen LogP contribution in [0.3, 0.4) is 0 Å². The molecule has 1 unspecified atom stereocenters. The van der Waals surface area contributed by atoms with E-state index in [0.29, 0.717) is 12.8 Å². The number of allylic oxidation sites excluding steroid dienone is 4. The fourth-order valence-corrected chi connectivity index (χ4v) is 10.5. The molecule has 0 spiro atoms. The number of unbranched alkanes of at least 4 members (excludes halogenated alkanes) is 51. The summed E-state index contributed by atoms with van der Waals surface area (Å²) in [6.45, 7) is 4.20. The summed E-state index contributed by atoms with van der Waals surface area (Å²) >= 11 is 0. The van der Waals surface area contributed by atoms with Crippen LogP contribution in [0.2, 0.25) is 0 Å². The highest BCUT2D eigenvalue weighted by atomic mass is 16.6.